The second-order valence-electron chi connectivity index (χ2n) is 5.96. The molecule has 1 unspecified atom stereocenters. The lowest BCUT2D eigenvalue weighted by atomic mass is 9.95. The molecule has 0 amide bonds. The molecule has 0 radical (unpaired) electrons. The van der Waals surface area contributed by atoms with Crippen molar-refractivity contribution in [1.82, 2.24) is 5.32 Å². The topological polar surface area (TPSA) is 50.8 Å². The van der Waals surface area contributed by atoms with Gasteiger partial charge in [-0.3, -0.25) is 4.90 Å². The van der Waals surface area contributed by atoms with Gasteiger partial charge in [-0.25, -0.2) is 4.79 Å². The summed E-state index contributed by atoms with van der Waals surface area (Å²) in [5, 5.41) is 4.36. The van der Waals surface area contributed by atoms with Gasteiger partial charge in [0.15, 0.2) is 5.11 Å². The fraction of sp³-hybridized carbons (Fsp3) is 0.200. The van der Waals surface area contributed by atoms with Crippen LogP contribution in [-0.4, -0.2) is 25.3 Å². The summed E-state index contributed by atoms with van der Waals surface area (Å²) < 4.78 is 10.2. The van der Waals surface area contributed by atoms with Gasteiger partial charge >= 0.3 is 5.97 Å². The second-order valence-corrected chi connectivity index (χ2v) is 6.78. The van der Waals surface area contributed by atoms with Crippen molar-refractivity contribution in [2.45, 2.75) is 13.0 Å². The van der Waals surface area contributed by atoms with Crippen LogP contribution in [0.4, 0.5) is 5.69 Å². The highest BCUT2D eigenvalue weighted by Gasteiger charge is 2.35. The standard InChI is InChI=1S/C20H19ClN2O3S/c1-12-17(19(24)26-3)18(13-4-6-14(21)7-5-13)22-20(27)23(12)15-8-10-16(25-2)11-9-15/h4-11,18H,1-3H3,(H,22,27). The maximum absolute atomic E-state index is 12.6. The van der Waals surface area contributed by atoms with Crippen LogP contribution in [0.5, 0.6) is 5.75 Å². The van der Waals surface area contributed by atoms with Gasteiger partial charge < -0.3 is 14.8 Å². The molecular formula is C20H19ClN2O3S. The molecule has 1 heterocycles. The van der Waals surface area contributed by atoms with Gasteiger partial charge in [-0.1, -0.05) is 23.7 Å². The van der Waals surface area contributed by atoms with Gasteiger partial charge in [-0.15, -0.1) is 0 Å². The number of carbonyl (C=O) groups excluding carboxylic acids is 1. The zero-order valence-corrected chi connectivity index (χ0v) is 16.7. The number of nitrogens with zero attached hydrogens (tertiary/aromatic N) is 1. The molecule has 1 aliphatic heterocycles. The maximum Gasteiger partial charge on any atom is 0.337 e. The molecule has 1 N–H and O–H groups in total. The molecule has 7 heteroatoms. The van der Waals surface area contributed by atoms with Crippen LogP contribution >= 0.6 is 23.8 Å². The number of esters is 1. The molecule has 1 aliphatic rings. The minimum atomic E-state index is -0.420. The molecule has 0 saturated carbocycles. The van der Waals surface area contributed by atoms with E-state index in [0.717, 1.165) is 17.0 Å². The summed E-state index contributed by atoms with van der Waals surface area (Å²) in [6.45, 7) is 1.85. The van der Waals surface area contributed by atoms with E-state index in [2.05, 4.69) is 5.32 Å². The molecular weight excluding hydrogens is 384 g/mol. The Morgan fingerprint density at radius 2 is 1.74 bits per heavy atom. The predicted molar refractivity (Wildman–Crippen MR) is 110 cm³/mol. The van der Waals surface area contributed by atoms with Crippen molar-refractivity contribution in [3.05, 3.63) is 70.4 Å². The zero-order chi connectivity index (χ0) is 19.6. The third-order valence-electron chi connectivity index (χ3n) is 4.42. The van der Waals surface area contributed by atoms with Gasteiger partial charge in [0, 0.05) is 16.4 Å². The molecule has 140 valence electrons. The van der Waals surface area contributed by atoms with Crippen molar-refractivity contribution < 1.29 is 14.3 Å². The van der Waals surface area contributed by atoms with E-state index in [1.807, 2.05) is 48.2 Å². The van der Waals surface area contributed by atoms with Gasteiger partial charge in [0.2, 0.25) is 0 Å². The van der Waals surface area contributed by atoms with Crippen LogP contribution in [0, 0.1) is 0 Å². The van der Waals surface area contributed by atoms with E-state index < -0.39 is 12.0 Å². The summed E-state index contributed by atoms with van der Waals surface area (Å²) in [6, 6.07) is 14.3. The Hall–Kier alpha value is -2.57. The van der Waals surface area contributed by atoms with Crippen LogP contribution in [-0.2, 0) is 9.53 Å². The van der Waals surface area contributed by atoms with Crippen molar-refractivity contribution in [2.75, 3.05) is 19.1 Å². The number of methoxy groups -OCH3 is 2. The summed E-state index contributed by atoms with van der Waals surface area (Å²) in [5.41, 5.74) is 2.89. The summed E-state index contributed by atoms with van der Waals surface area (Å²) in [5.74, 6) is 0.324. The molecule has 0 aliphatic carbocycles. The molecule has 0 spiro atoms. The highest BCUT2D eigenvalue weighted by atomic mass is 35.5. The van der Waals surface area contributed by atoms with E-state index >= 15 is 0 Å². The molecule has 2 aromatic rings. The lowest BCUT2D eigenvalue weighted by Crippen LogP contribution is -2.48. The maximum atomic E-state index is 12.6. The fourth-order valence-corrected chi connectivity index (χ4v) is 3.55. The molecule has 0 saturated heterocycles. The number of hydrogen-bond donors (Lipinski definition) is 1. The number of ether oxygens (including phenoxy) is 2. The van der Waals surface area contributed by atoms with Gasteiger partial charge in [0.25, 0.3) is 0 Å². The van der Waals surface area contributed by atoms with Crippen molar-refractivity contribution >= 4 is 40.6 Å². The van der Waals surface area contributed by atoms with E-state index in [-0.39, 0.29) is 0 Å². The van der Waals surface area contributed by atoms with Crippen molar-refractivity contribution in [2.24, 2.45) is 0 Å². The summed E-state index contributed by atoms with van der Waals surface area (Å²) in [4.78, 5) is 14.4. The molecule has 1 atom stereocenters. The average Bonchev–Trinajstić information content (AvgIpc) is 2.68. The fourth-order valence-electron chi connectivity index (χ4n) is 3.06. The minimum absolute atomic E-state index is 0.416. The quantitative estimate of drug-likeness (QED) is 0.610. The summed E-state index contributed by atoms with van der Waals surface area (Å²) >= 11 is 11.6. The lowest BCUT2D eigenvalue weighted by molar-refractivity contribution is -0.136. The van der Waals surface area contributed by atoms with Crippen LogP contribution in [0.1, 0.15) is 18.5 Å². The average molecular weight is 403 g/mol. The second kappa shape index (κ2) is 7.98. The van der Waals surface area contributed by atoms with Crippen molar-refractivity contribution in [3.8, 4) is 5.75 Å². The number of hydrogen-bond acceptors (Lipinski definition) is 4. The van der Waals surface area contributed by atoms with Gasteiger partial charge in [0.05, 0.1) is 25.8 Å². The molecule has 0 fully saturated rings. The Bertz CT molecular complexity index is 894. The molecule has 3 rings (SSSR count). The minimum Gasteiger partial charge on any atom is -0.497 e. The summed E-state index contributed by atoms with van der Waals surface area (Å²) in [6.07, 6.45) is 0. The Morgan fingerprint density at radius 3 is 2.30 bits per heavy atom. The van der Waals surface area contributed by atoms with Gasteiger partial charge in [-0.05, 0) is 61.1 Å². The van der Waals surface area contributed by atoms with E-state index in [1.165, 1.54) is 7.11 Å². The molecule has 27 heavy (non-hydrogen) atoms. The van der Waals surface area contributed by atoms with Crippen LogP contribution in [0.2, 0.25) is 5.02 Å². The number of anilines is 1. The van der Waals surface area contributed by atoms with E-state index in [4.69, 9.17) is 33.3 Å². The molecule has 0 bridgehead atoms. The zero-order valence-electron chi connectivity index (χ0n) is 15.2. The molecule has 2 aromatic carbocycles. The first kappa shape index (κ1) is 19.2. The number of rotatable bonds is 4. The van der Waals surface area contributed by atoms with Crippen molar-refractivity contribution in [1.29, 1.82) is 0 Å². The number of allylic oxidation sites excluding steroid dienone is 1. The van der Waals surface area contributed by atoms with Gasteiger partial charge in [0.1, 0.15) is 5.75 Å². The van der Waals surface area contributed by atoms with E-state index in [9.17, 15) is 4.79 Å². The first-order valence-corrected chi connectivity index (χ1v) is 9.04. The largest absolute Gasteiger partial charge is 0.497 e. The lowest BCUT2D eigenvalue weighted by Gasteiger charge is -2.37. The van der Waals surface area contributed by atoms with E-state index in [1.54, 1.807) is 19.2 Å². The van der Waals surface area contributed by atoms with Crippen LogP contribution < -0.4 is 15.0 Å². The Morgan fingerprint density at radius 1 is 1.11 bits per heavy atom. The Balaban J connectivity index is 2.09. The normalized spacial score (nSPS) is 16.8. The predicted octanol–water partition coefficient (Wildman–Crippen LogP) is 4.23. The third kappa shape index (κ3) is 3.77. The SMILES string of the molecule is COC(=O)C1=C(C)N(c2ccc(OC)cc2)C(=S)NC1c1ccc(Cl)cc1. The number of carbonyl (C=O) groups is 1. The van der Waals surface area contributed by atoms with Crippen molar-refractivity contribution in [3.63, 3.8) is 0 Å². The highest BCUT2D eigenvalue weighted by Crippen LogP contribution is 2.35. The van der Waals surface area contributed by atoms with Crippen LogP contribution in [0.3, 0.4) is 0 Å². The highest BCUT2D eigenvalue weighted by molar-refractivity contribution is 7.80. The smallest absolute Gasteiger partial charge is 0.337 e. The molecule has 0 aromatic heterocycles. The first-order chi connectivity index (χ1) is 13.0. The number of nitrogens with one attached hydrogen (secondary N) is 1. The monoisotopic (exact) mass is 402 g/mol. The van der Waals surface area contributed by atoms with Crippen LogP contribution in [0.25, 0.3) is 0 Å². The Kier molecular flexibility index (Phi) is 5.68. The number of halogens is 1. The van der Waals surface area contributed by atoms with Gasteiger partial charge in [-0.2, -0.15) is 0 Å². The number of thiocarbonyl (C=S) groups is 1. The molecule has 5 nitrogen and oxygen atoms in total. The first-order valence-electron chi connectivity index (χ1n) is 8.25. The number of benzene rings is 2. The summed E-state index contributed by atoms with van der Waals surface area (Å²) in [7, 11) is 2.98. The Labute approximate surface area is 168 Å². The van der Waals surface area contributed by atoms with E-state index in [0.29, 0.717) is 21.4 Å². The third-order valence-corrected chi connectivity index (χ3v) is 4.98. The van der Waals surface area contributed by atoms with Crippen LogP contribution in [0.15, 0.2) is 59.8 Å².